The fourth-order valence-electron chi connectivity index (χ4n) is 7.44. The molecule has 8 nitrogen and oxygen atoms in total. The summed E-state index contributed by atoms with van der Waals surface area (Å²) in [5.74, 6) is -0.963. The molecule has 4 saturated heterocycles. The number of nitrogens with two attached hydrogens (primary N) is 1. The van der Waals surface area contributed by atoms with Gasteiger partial charge in [0.2, 0.25) is 5.91 Å². The lowest BCUT2D eigenvalue weighted by atomic mass is 9.78. The van der Waals surface area contributed by atoms with Crippen LogP contribution in [0.15, 0.2) is 0 Å². The number of nitrogens with one attached hydrogen (secondary N) is 2. The summed E-state index contributed by atoms with van der Waals surface area (Å²) < 4.78 is 42.8. The van der Waals surface area contributed by atoms with Crippen molar-refractivity contribution in [1.29, 1.82) is 0 Å². The van der Waals surface area contributed by atoms with E-state index in [1.165, 1.54) is 7.05 Å². The fraction of sp³-hybridized carbons (Fsp3) is 0.958. The van der Waals surface area contributed by atoms with Crippen LogP contribution in [0.3, 0.4) is 0 Å². The Hall–Kier alpha value is -0.690. The lowest BCUT2D eigenvalue weighted by molar-refractivity contribution is -0.663. The molecule has 0 aromatic heterocycles. The minimum Gasteiger partial charge on any atom is -0.344 e. The molecule has 1 saturated carbocycles. The minimum absolute atomic E-state index is 0.0562. The molecule has 5 atom stereocenters. The van der Waals surface area contributed by atoms with Crippen molar-refractivity contribution in [2.45, 2.75) is 87.0 Å². The molecule has 1 aliphatic carbocycles. The van der Waals surface area contributed by atoms with Crippen molar-refractivity contribution in [3.63, 3.8) is 0 Å². The maximum absolute atomic E-state index is 14.3. The second-order valence-corrected chi connectivity index (χ2v) is 11.9. The highest BCUT2D eigenvalue weighted by molar-refractivity contribution is 6.20. The van der Waals surface area contributed by atoms with Crippen LogP contribution in [0, 0.1) is 5.92 Å². The van der Waals surface area contributed by atoms with E-state index in [9.17, 15) is 18.0 Å². The predicted octanol–water partition coefficient (Wildman–Crippen LogP) is 0.351. The van der Waals surface area contributed by atoms with Crippen molar-refractivity contribution in [2.75, 3.05) is 52.9 Å². The number of likely N-dealkylation sites (N-methyl/N-ethyl adjacent to an activating group) is 1. The molecule has 36 heavy (non-hydrogen) atoms. The van der Waals surface area contributed by atoms with Gasteiger partial charge in [-0.2, -0.15) is 13.2 Å². The molecule has 5 rings (SSSR count). The molecular weight excluding hydrogens is 495 g/mol. The number of hydrogen-bond donors (Lipinski definition) is 3. The molecule has 0 aromatic carbocycles. The van der Waals surface area contributed by atoms with Gasteiger partial charge in [0.05, 0.1) is 31.3 Å². The maximum atomic E-state index is 14.3. The standard InChI is InChI=1S/C24H41ClF3N7O/c1-32(22(36)15-33-11-8-29-9-12-33)23(24(26,27)28)16-4-6-17(7-5-16)34-10-2-3-18-19(34)14-30-21-13-20(25)31-35(18)21/h16-21,23,29-31H,2-15H2,1H3/p+1/t16?,17?,18?,19?,20?,21?,23-/m0/s1. The number of amides is 1. The van der Waals surface area contributed by atoms with Crippen LogP contribution in [-0.4, -0.2) is 120 Å². The first-order valence-corrected chi connectivity index (χ1v) is 14.2. The summed E-state index contributed by atoms with van der Waals surface area (Å²) in [6.45, 7) is 5.23. The van der Waals surface area contributed by atoms with Gasteiger partial charge in [-0.1, -0.05) is 0 Å². The highest BCUT2D eigenvalue weighted by atomic mass is 35.5. The normalized spacial score (nSPS) is 37.8. The Labute approximate surface area is 217 Å². The molecule has 0 radical (unpaired) electrons. The second-order valence-electron chi connectivity index (χ2n) is 11.4. The van der Waals surface area contributed by atoms with Crippen molar-refractivity contribution in [3.8, 4) is 0 Å². The molecule has 5 aliphatic rings. The molecule has 4 N–H and O–H groups in total. The number of hydrogen-bond acceptors (Lipinski definition) is 6. The van der Waals surface area contributed by atoms with E-state index < -0.39 is 24.0 Å². The van der Waals surface area contributed by atoms with Crippen LogP contribution >= 0.6 is 11.6 Å². The van der Waals surface area contributed by atoms with E-state index in [-0.39, 0.29) is 18.2 Å². The second kappa shape index (κ2) is 11.2. The van der Waals surface area contributed by atoms with E-state index in [2.05, 4.69) is 26.0 Å². The first kappa shape index (κ1) is 26.9. The number of hydrazine groups is 1. The maximum Gasteiger partial charge on any atom is 0.409 e. The van der Waals surface area contributed by atoms with Gasteiger partial charge in [0.15, 0.2) is 0 Å². The summed E-state index contributed by atoms with van der Waals surface area (Å²) in [5.41, 5.74) is 3.35. The van der Waals surface area contributed by atoms with Gasteiger partial charge in [-0.3, -0.25) is 19.9 Å². The quantitative estimate of drug-likeness (QED) is 0.348. The summed E-state index contributed by atoms with van der Waals surface area (Å²) in [6, 6.07) is -0.690. The van der Waals surface area contributed by atoms with Gasteiger partial charge in [-0.15, -0.1) is 11.6 Å². The van der Waals surface area contributed by atoms with E-state index >= 15 is 0 Å². The van der Waals surface area contributed by atoms with E-state index in [1.54, 1.807) is 0 Å². The topological polar surface area (TPSA) is 70.7 Å². The summed E-state index contributed by atoms with van der Waals surface area (Å²) >= 11 is 6.36. The number of quaternary nitrogens is 1. The summed E-state index contributed by atoms with van der Waals surface area (Å²) in [4.78, 5) is 18.4. The monoisotopic (exact) mass is 536 g/mol. The third kappa shape index (κ3) is 5.67. The molecule has 5 fully saturated rings. The van der Waals surface area contributed by atoms with Crippen LogP contribution < -0.4 is 16.1 Å². The van der Waals surface area contributed by atoms with Crippen molar-refractivity contribution in [1.82, 2.24) is 30.5 Å². The molecule has 4 unspecified atom stereocenters. The Balaban J connectivity index is 1.20. The third-order valence-corrected chi connectivity index (χ3v) is 9.50. The van der Waals surface area contributed by atoms with E-state index in [1.807, 2.05) is 4.90 Å². The average molecular weight is 537 g/mol. The Morgan fingerprint density at radius 3 is 2.53 bits per heavy atom. The Kier molecular flexibility index (Phi) is 8.37. The van der Waals surface area contributed by atoms with Crippen LogP contribution in [0.25, 0.3) is 0 Å². The minimum atomic E-state index is -4.42. The SMILES string of the molecule is CN(C(=O)CN1CC[NH2+]CC1)[C@@H](C1CCC(N2CCCC3C2CNC2CC(Cl)NN23)CC1)C(F)(F)F. The summed E-state index contributed by atoms with van der Waals surface area (Å²) in [6.07, 6.45) is 1.42. The zero-order valence-electron chi connectivity index (χ0n) is 21.2. The van der Waals surface area contributed by atoms with Gasteiger partial charge in [0.25, 0.3) is 0 Å². The lowest BCUT2D eigenvalue weighted by Crippen LogP contribution is -2.89. The van der Waals surface area contributed by atoms with E-state index in [4.69, 9.17) is 11.6 Å². The lowest BCUT2D eigenvalue weighted by Gasteiger charge is -2.53. The van der Waals surface area contributed by atoms with E-state index in [0.29, 0.717) is 31.0 Å². The highest BCUT2D eigenvalue weighted by Crippen LogP contribution is 2.41. The number of piperazine rings is 1. The van der Waals surface area contributed by atoms with Crippen LogP contribution in [0.4, 0.5) is 13.2 Å². The van der Waals surface area contributed by atoms with Crippen LogP contribution in [-0.2, 0) is 4.79 Å². The summed E-state index contributed by atoms with van der Waals surface area (Å²) in [7, 11) is 1.36. The molecule has 4 aliphatic heterocycles. The number of carbonyl (C=O) groups is 1. The van der Waals surface area contributed by atoms with Gasteiger partial charge in [-0.25, -0.2) is 10.4 Å². The molecule has 0 aromatic rings. The largest absolute Gasteiger partial charge is 0.409 e. The smallest absolute Gasteiger partial charge is 0.344 e. The Morgan fingerprint density at radius 1 is 1.11 bits per heavy atom. The van der Waals surface area contributed by atoms with Crippen molar-refractivity contribution in [2.24, 2.45) is 5.92 Å². The first-order chi connectivity index (χ1) is 17.2. The van der Waals surface area contributed by atoms with Crippen molar-refractivity contribution in [3.05, 3.63) is 0 Å². The average Bonchev–Trinajstić information content (AvgIpc) is 3.25. The Bertz CT molecular complexity index is 762. The van der Waals surface area contributed by atoms with E-state index in [0.717, 1.165) is 76.3 Å². The molecule has 206 valence electrons. The number of nitrogens with zero attached hydrogens (tertiary/aromatic N) is 4. The molecule has 1 amide bonds. The van der Waals surface area contributed by atoms with Gasteiger partial charge < -0.3 is 10.2 Å². The zero-order valence-corrected chi connectivity index (χ0v) is 22.0. The number of rotatable bonds is 5. The number of halogens is 4. The third-order valence-electron chi connectivity index (χ3n) is 9.22. The van der Waals surface area contributed by atoms with Crippen LogP contribution in [0.5, 0.6) is 0 Å². The number of fused-ring (bicyclic) bond motifs is 3. The number of carbonyl (C=O) groups excluding carboxylic acids is 1. The predicted molar refractivity (Wildman–Crippen MR) is 131 cm³/mol. The number of alkyl halides is 4. The summed E-state index contributed by atoms with van der Waals surface area (Å²) in [5, 5.41) is 8.09. The van der Waals surface area contributed by atoms with Gasteiger partial charge in [-0.05, 0) is 51.0 Å². The molecule has 0 bridgehead atoms. The van der Waals surface area contributed by atoms with Crippen LogP contribution in [0.2, 0.25) is 0 Å². The van der Waals surface area contributed by atoms with Crippen molar-refractivity contribution < 1.29 is 23.3 Å². The zero-order chi connectivity index (χ0) is 25.4. The Morgan fingerprint density at radius 2 is 1.83 bits per heavy atom. The molecular formula is C24H42ClF3N7O+. The number of likely N-dealkylation sites (tertiary alicyclic amines) is 1. The molecule has 4 heterocycles. The van der Waals surface area contributed by atoms with Crippen molar-refractivity contribution >= 4 is 17.5 Å². The first-order valence-electron chi connectivity index (χ1n) is 13.8. The highest BCUT2D eigenvalue weighted by Gasteiger charge is 2.51. The number of piperidine rings is 1. The van der Waals surface area contributed by atoms with Gasteiger partial charge in [0, 0.05) is 51.2 Å². The molecule has 0 spiro atoms. The van der Waals surface area contributed by atoms with Gasteiger partial charge in [0.1, 0.15) is 6.04 Å². The molecule has 12 heteroatoms. The van der Waals surface area contributed by atoms with Crippen LogP contribution in [0.1, 0.15) is 44.9 Å². The van der Waals surface area contributed by atoms with Gasteiger partial charge >= 0.3 is 6.18 Å². The fourth-order valence-corrected chi connectivity index (χ4v) is 7.73.